The number of nitrogens with two attached hydrogens (primary N) is 1. The lowest BCUT2D eigenvalue weighted by Gasteiger charge is -2.48. The van der Waals surface area contributed by atoms with E-state index < -0.39 is 0 Å². The van der Waals surface area contributed by atoms with Crippen LogP contribution in [0.15, 0.2) is 0 Å². The highest BCUT2D eigenvalue weighted by Crippen LogP contribution is 2.39. The van der Waals surface area contributed by atoms with E-state index in [1.54, 1.807) is 0 Å². The minimum Gasteiger partial charge on any atom is -0.375 e. The Kier molecular flexibility index (Phi) is 4.42. The van der Waals surface area contributed by atoms with Crippen molar-refractivity contribution in [2.45, 2.75) is 56.7 Å². The molecule has 3 atom stereocenters. The number of hydrogen-bond acceptors (Lipinski definition) is 4. The van der Waals surface area contributed by atoms with Crippen LogP contribution in [-0.4, -0.2) is 53.8 Å². The Balaban J connectivity index is 1.64. The van der Waals surface area contributed by atoms with Crippen LogP contribution in [0.4, 0.5) is 0 Å². The van der Waals surface area contributed by atoms with Crippen molar-refractivity contribution in [3.8, 4) is 0 Å². The molecule has 0 radical (unpaired) electrons. The fourth-order valence-electron chi connectivity index (χ4n) is 4.15. The van der Waals surface area contributed by atoms with Crippen LogP contribution in [0.3, 0.4) is 0 Å². The zero-order valence-corrected chi connectivity index (χ0v) is 13.0. The van der Waals surface area contributed by atoms with Gasteiger partial charge in [-0.2, -0.15) is 11.8 Å². The normalized spacial score (nSPS) is 40.4. The first kappa shape index (κ1) is 14.2. The third-order valence-electron chi connectivity index (χ3n) is 5.11. The number of nitrogens with zero attached hydrogens (tertiary/aromatic N) is 1. The van der Waals surface area contributed by atoms with Gasteiger partial charge < -0.3 is 10.5 Å². The van der Waals surface area contributed by atoms with Gasteiger partial charge in [-0.15, -0.1) is 0 Å². The summed E-state index contributed by atoms with van der Waals surface area (Å²) in [6, 6.07) is 1.09. The van der Waals surface area contributed by atoms with Crippen LogP contribution in [0.5, 0.6) is 0 Å². The third kappa shape index (κ3) is 3.29. The van der Waals surface area contributed by atoms with Gasteiger partial charge in [-0.05, 0) is 49.5 Å². The number of rotatable bonds is 1. The molecule has 0 bridgehead atoms. The maximum atomic E-state index is 6.22. The van der Waals surface area contributed by atoms with Gasteiger partial charge in [-0.1, -0.05) is 6.92 Å². The number of likely N-dealkylation sites (tertiary alicyclic amines) is 1. The van der Waals surface area contributed by atoms with E-state index in [1.165, 1.54) is 50.2 Å². The fraction of sp³-hybridized carbons (Fsp3) is 1.00. The van der Waals surface area contributed by atoms with Gasteiger partial charge in [0.2, 0.25) is 0 Å². The van der Waals surface area contributed by atoms with Crippen molar-refractivity contribution in [2.75, 3.05) is 31.2 Å². The van der Waals surface area contributed by atoms with Crippen molar-refractivity contribution in [3.63, 3.8) is 0 Å². The highest BCUT2D eigenvalue weighted by molar-refractivity contribution is 7.99. The summed E-state index contributed by atoms with van der Waals surface area (Å²) in [5.74, 6) is 3.31. The zero-order chi connectivity index (χ0) is 13.3. The SMILES string of the molecule is CC1CC(N)CN(C2CCOC3(CCSCC3)C2)C1. The molecular weight excluding hydrogens is 256 g/mol. The molecular formula is C15H28N2OS. The summed E-state index contributed by atoms with van der Waals surface area (Å²) >= 11 is 2.09. The molecule has 3 rings (SSSR count). The predicted octanol–water partition coefficient (Wildman–Crippen LogP) is 2.10. The molecule has 3 fully saturated rings. The van der Waals surface area contributed by atoms with E-state index in [0.29, 0.717) is 12.1 Å². The van der Waals surface area contributed by atoms with E-state index in [4.69, 9.17) is 10.5 Å². The van der Waals surface area contributed by atoms with Crippen molar-refractivity contribution < 1.29 is 4.74 Å². The number of ether oxygens (including phenoxy) is 1. The first-order chi connectivity index (χ1) is 9.17. The van der Waals surface area contributed by atoms with Crippen molar-refractivity contribution in [2.24, 2.45) is 11.7 Å². The molecule has 110 valence electrons. The summed E-state index contributed by atoms with van der Waals surface area (Å²) in [6.07, 6.45) is 6.15. The Morgan fingerprint density at radius 2 is 2.05 bits per heavy atom. The van der Waals surface area contributed by atoms with Gasteiger partial charge in [0.1, 0.15) is 0 Å². The van der Waals surface area contributed by atoms with Crippen LogP contribution in [0.25, 0.3) is 0 Å². The van der Waals surface area contributed by atoms with Gasteiger partial charge in [-0.25, -0.2) is 0 Å². The topological polar surface area (TPSA) is 38.5 Å². The van der Waals surface area contributed by atoms with Crippen LogP contribution >= 0.6 is 11.8 Å². The summed E-state index contributed by atoms with van der Waals surface area (Å²) in [4.78, 5) is 2.67. The molecule has 3 heterocycles. The quantitative estimate of drug-likeness (QED) is 0.800. The molecule has 3 aliphatic heterocycles. The molecule has 3 saturated heterocycles. The maximum absolute atomic E-state index is 6.22. The Bertz CT molecular complexity index is 291. The lowest BCUT2D eigenvalue weighted by atomic mass is 9.83. The van der Waals surface area contributed by atoms with Crippen LogP contribution in [0.1, 0.15) is 39.0 Å². The first-order valence-corrected chi connectivity index (χ1v) is 9.04. The summed E-state index contributed by atoms with van der Waals surface area (Å²) < 4.78 is 6.21. The van der Waals surface area contributed by atoms with Crippen molar-refractivity contribution in [1.29, 1.82) is 0 Å². The smallest absolute Gasteiger partial charge is 0.0713 e. The molecule has 0 aliphatic carbocycles. The van der Waals surface area contributed by atoms with E-state index in [2.05, 4.69) is 23.6 Å². The largest absolute Gasteiger partial charge is 0.375 e. The second-order valence-corrected chi connectivity index (χ2v) is 8.07. The van der Waals surface area contributed by atoms with E-state index in [-0.39, 0.29) is 5.60 Å². The van der Waals surface area contributed by atoms with Gasteiger partial charge in [0, 0.05) is 31.8 Å². The molecule has 0 aromatic carbocycles. The van der Waals surface area contributed by atoms with Crippen molar-refractivity contribution in [3.05, 3.63) is 0 Å². The molecule has 19 heavy (non-hydrogen) atoms. The molecule has 0 aromatic heterocycles. The summed E-state index contributed by atoms with van der Waals surface area (Å²) in [7, 11) is 0. The molecule has 0 aromatic rings. The lowest BCUT2D eigenvalue weighted by Crippen LogP contribution is -2.55. The molecule has 0 amide bonds. The van der Waals surface area contributed by atoms with Gasteiger partial charge in [0.15, 0.2) is 0 Å². The van der Waals surface area contributed by atoms with Crippen LogP contribution in [-0.2, 0) is 4.74 Å². The van der Waals surface area contributed by atoms with E-state index in [9.17, 15) is 0 Å². The molecule has 4 heteroatoms. The third-order valence-corrected chi connectivity index (χ3v) is 6.09. The number of thioether (sulfide) groups is 1. The van der Waals surface area contributed by atoms with Gasteiger partial charge in [0.05, 0.1) is 5.60 Å². The summed E-state index contributed by atoms with van der Waals surface area (Å²) in [5, 5.41) is 0. The molecule has 1 spiro atoms. The first-order valence-electron chi connectivity index (χ1n) is 7.88. The number of piperidine rings is 1. The molecule has 3 unspecified atom stereocenters. The van der Waals surface area contributed by atoms with Crippen molar-refractivity contribution in [1.82, 2.24) is 4.90 Å². The van der Waals surface area contributed by atoms with Crippen LogP contribution < -0.4 is 5.73 Å². The highest BCUT2D eigenvalue weighted by atomic mass is 32.2. The van der Waals surface area contributed by atoms with Gasteiger partial charge >= 0.3 is 0 Å². The molecule has 0 saturated carbocycles. The van der Waals surface area contributed by atoms with Crippen molar-refractivity contribution >= 4 is 11.8 Å². The van der Waals surface area contributed by atoms with E-state index in [1.807, 2.05) is 0 Å². The lowest BCUT2D eigenvalue weighted by molar-refractivity contribution is -0.114. The minimum absolute atomic E-state index is 0.207. The zero-order valence-electron chi connectivity index (χ0n) is 12.1. The van der Waals surface area contributed by atoms with Gasteiger partial charge in [-0.3, -0.25) is 4.90 Å². The Morgan fingerprint density at radius 3 is 2.79 bits per heavy atom. The standard InChI is InChI=1S/C15H28N2OS/c1-12-8-13(16)11-17(10-12)14-2-5-18-15(9-14)3-6-19-7-4-15/h12-14H,2-11,16H2,1H3. The van der Waals surface area contributed by atoms with E-state index >= 15 is 0 Å². The van der Waals surface area contributed by atoms with Gasteiger partial charge in [0.25, 0.3) is 0 Å². The highest BCUT2D eigenvalue weighted by Gasteiger charge is 2.41. The number of hydrogen-bond donors (Lipinski definition) is 1. The fourth-order valence-corrected chi connectivity index (χ4v) is 5.38. The second-order valence-electron chi connectivity index (χ2n) is 6.85. The average molecular weight is 284 g/mol. The Hall–Kier alpha value is 0.230. The molecule has 3 nitrogen and oxygen atoms in total. The summed E-state index contributed by atoms with van der Waals surface area (Å²) in [6.45, 7) is 5.64. The average Bonchev–Trinajstić information content (AvgIpc) is 2.38. The van der Waals surface area contributed by atoms with E-state index in [0.717, 1.165) is 19.1 Å². The van der Waals surface area contributed by atoms with Crippen LogP contribution in [0.2, 0.25) is 0 Å². The Labute approximate surface area is 121 Å². The summed E-state index contributed by atoms with van der Waals surface area (Å²) in [5.41, 5.74) is 6.42. The predicted molar refractivity (Wildman–Crippen MR) is 81.6 cm³/mol. The molecule has 3 aliphatic rings. The Morgan fingerprint density at radius 1 is 1.26 bits per heavy atom. The molecule has 2 N–H and O–H groups in total. The minimum atomic E-state index is 0.207. The van der Waals surface area contributed by atoms with Crippen LogP contribution in [0, 0.1) is 5.92 Å². The monoisotopic (exact) mass is 284 g/mol. The maximum Gasteiger partial charge on any atom is 0.0713 e. The second kappa shape index (κ2) is 5.92.